The van der Waals surface area contributed by atoms with E-state index in [9.17, 15) is 18.0 Å². The topological polar surface area (TPSA) is 80.8 Å². The molecule has 0 aromatic heterocycles. The molecule has 0 aliphatic carbocycles. The second-order valence-corrected chi connectivity index (χ2v) is 10.3. The van der Waals surface area contributed by atoms with E-state index in [4.69, 9.17) is 15.8 Å². The molecule has 0 N–H and O–H groups in total. The molecule has 0 spiro atoms. The van der Waals surface area contributed by atoms with E-state index < -0.39 is 16.0 Å². The zero-order valence-corrected chi connectivity index (χ0v) is 19.8. The summed E-state index contributed by atoms with van der Waals surface area (Å²) in [5, 5.41) is 0.0526. The Hall–Kier alpha value is -3.07. The van der Waals surface area contributed by atoms with E-state index in [1.165, 1.54) is 41.3 Å². The first-order chi connectivity index (χ1) is 15.7. The summed E-state index contributed by atoms with van der Waals surface area (Å²) in [5.74, 6) is -0.316. The number of imide groups is 1. The molecule has 3 aromatic rings. The molecule has 9 heteroatoms. The molecule has 1 aliphatic heterocycles. The highest BCUT2D eigenvalue weighted by molar-refractivity contribution is 8.18. The van der Waals surface area contributed by atoms with Gasteiger partial charge in [0, 0.05) is 5.02 Å². The van der Waals surface area contributed by atoms with Crippen LogP contribution in [0.1, 0.15) is 16.7 Å². The molecule has 0 atom stereocenters. The predicted molar refractivity (Wildman–Crippen MR) is 128 cm³/mol. The van der Waals surface area contributed by atoms with Crippen molar-refractivity contribution in [2.75, 3.05) is 0 Å². The molecule has 33 heavy (non-hydrogen) atoms. The summed E-state index contributed by atoms with van der Waals surface area (Å²) in [6.07, 6.45) is 1.54. The van der Waals surface area contributed by atoms with Gasteiger partial charge in [0.15, 0.2) is 0 Å². The number of nitrogens with zero attached hydrogens (tertiary/aromatic N) is 1. The predicted octanol–water partition coefficient (Wildman–Crippen LogP) is 5.65. The molecule has 6 nitrogen and oxygen atoms in total. The summed E-state index contributed by atoms with van der Waals surface area (Å²) in [7, 11) is -4.05. The standard InChI is InChI=1S/C24H18ClNO5S2/c1-16-5-7-17(8-6-16)15-26-23(27)22(32-24(26)28)14-18-3-2-4-20(13-18)31-33(29,30)21-11-9-19(25)10-12-21/h2-14H,15H2,1H3/b22-14-. The third kappa shape index (κ3) is 5.47. The molecule has 4 rings (SSSR count). The average molecular weight is 500 g/mol. The number of halogens is 1. The minimum absolute atomic E-state index is 0.0328. The lowest BCUT2D eigenvalue weighted by atomic mass is 10.1. The number of hydrogen-bond donors (Lipinski definition) is 0. The van der Waals surface area contributed by atoms with Gasteiger partial charge in [-0.1, -0.05) is 53.6 Å². The van der Waals surface area contributed by atoms with E-state index in [0.29, 0.717) is 10.6 Å². The second kappa shape index (κ2) is 9.43. The van der Waals surface area contributed by atoms with Gasteiger partial charge in [-0.15, -0.1) is 0 Å². The number of rotatable bonds is 6. The fourth-order valence-corrected chi connectivity index (χ4v) is 4.98. The van der Waals surface area contributed by atoms with E-state index in [-0.39, 0.29) is 27.3 Å². The van der Waals surface area contributed by atoms with Crippen molar-refractivity contribution in [3.63, 3.8) is 0 Å². The van der Waals surface area contributed by atoms with Gasteiger partial charge in [-0.25, -0.2) is 0 Å². The molecule has 3 aromatic carbocycles. The number of hydrogen-bond acceptors (Lipinski definition) is 6. The van der Waals surface area contributed by atoms with Crippen LogP contribution < -0.4 is 4.18 Å². The number of benzene rings is 3. The van der Waals surface area contributed by atoms with Gasteiger partial charge in [-0.05, 0) is 72.3 Å². The van der Waals surface area contributed by atoms with Crippen LogP contribution in [-0.4, -0.2) is 24.5 Å². The van der Waals surface area contributed by atoms with Crippen LogP contribution in [0.5, 0.6) is 5.75 Å². The molecule has 1 heterocycles. The fourth-order valence-electron chi connectivity index (χ4n) is 3.10. The largest absolute Gasteiger partial charge is 0.379 e. The van der Waals surface area contributed by atoms with Crippen LogP contribution in [0.4, 0.5) is 4.79 Å². The van der Waals surface area contributed by atoms with Gasteiger partial charge in [0.05, 0.1) is 11.4 Å². The quantitative estimate of drug-likeness (QED) is 0.322. The van der Waals surface area contributed by atoms with Crippen molar-refractivity contribution < 1.29 is 22.2 Å². The molecule has 1 saturated heterocycles. The van der Waals surface area contributed by atoms with Crippen LogP contribution in [0.2, 0.25) is 5.02 Å². The Balaban J connectivity index is 1.52. The van der Waals surface area contributed by atoms with Crippen LogP contribution in [0.15, 0.2) is 82.6 Å². The summed E-state index contributed by atoms with van der Waals surface area (Å²) in [6, 6.07) is 19.5. The summed E-state index contributed by atoms with van der Waals surface area (Å²) in [5.41, 5.74) is 2.47. The number of carbonyl (C=O) groups excluding carboxylic acids is 2. The normalized spacial score (nSPS) is 15.3. The Morgan fingerprint density at radius 3 is 2.39 bits per heavy atom. The SMILES string of the molecule is Cc1ccc(CN2C(=O)S/C(=C\c3cccc(OS(=O)(=O)c4ccc(Cl)cc4)c3)C2=O)cc1. The minimum atomic E-state index is -4.05. The highest BCUT2D eigenvalue weighted by Crippen LogP contribution is 2.34. The lowest BCUT2D eigenvalue weighted by Gasteiger charge is -2.12. The van der Waals surface area contributed by atoms with E-state index in [0.717, 1.165) is 22.9 Å². The first-order valence-electron chi connectivity index (χ1n) is 9.82. The van der Waals surface area contributed by atoms with Crippen molar-refractivity contribution in [3.8, 4) is 5.75 Å². The number of thioether (sulfide) groups is 1. The van der Waals surface area contributed by atoms with E-state index in [1.54, 1.807) is 18.2 Å². The smallest absolute Gasteiger partial charge is 0.339 e. The van der Waals surface area contributed by atoms with Gasteiger partial charge >= 0.3 is 10.1 Å². The van der Waals surface area contributed by atoms with Gasteiger partial charge in [-0.2, -0.15) is 8.42 Å². The van der Waals surface area contributed by atoms with Gasteiger partial charge in [0.2, 0.25) is 0 Å². The first kappa shape index (κ1) is 23.1. The zero-order valence-electron chi connectivity index (χ0n) is 17.4. The number of amides is 2. The summed E-state index contributed by atoms with van der Waals surface area (Å²) >= 11 is 6.65. The minimum Gasteiger partial charge on any atom is -0.379 e. The maximum Gasteiger partial charge on any atom is 0.339 e. The van der Waals surface area contributed by atoms with Crippen LogP contribution in [-0.2, 0) is 21.5 Å². The van der Waals surface area contributed by atoms with Crippen molar-refractivity contribution in [2.45, 2.75) is 18.4 Å². The van der Waals surface area contributed by atoms with Crippen LogP contribution in [0.25, 0.3) is 6.08 Å². The number of carbonyl (C=O) groups is 2. The summed E-state index contributed by atoms with van der Waals surface area (Å²) in [4.78, 5) is 26.6. The van der Waals surface area contributed by atoms with Crippen LogP contribution >= 0.6 is 23.4 Å². The monoisotopic (exact) mass is 499 g/mol. The third-order valence-electron chi connectivity index (χ3n) is 4.80. The Morgan fingerprint density at radius 1 is 1.00 bits per heavy atom. The number of aryl methyl sites for hydroxylation is 1. The Bertz CT molecular complexity index is 1350. The maximum atomic E-state index is 12.8. The van der Waals surface area contributed by atoms with Crippen molar-refractivity contribution >= 4 is 50.7 Å². The van der Waals surface area contributed by atoms with Crippen LogP contribution in [0.3, 0.4) is 0 Å². The summed E-state index contributed by atoms with van der Waals surface area (Å²) < 4.78 is 30.2. The van der Waals surface area contributed by atoms with E-state index in [2.05, 4.69) is 0 Å². The lowest BCUT2D eigenvalue weighted by molar-refractivity contribution is -0.123. The average Bonchev–Trinajstić information content (AvgIpc) is 3.03. The second-order valence-electron chi connectivity index (χ2n) is 7.32. The summed E-state index contributed by atoms with van der Waals surface area (Å²) in [6.45, 7) is 2.15. The van der Waals surface area contributed by atoms with E-state index in [1.807, 2.05) is 31.2 Å². The Morgan fingerprint density at radius 2 is 1.70 bits per heavy atom. The molecule has 0 bridgehead atoms. The van der Waals surface area contributed by atoms with Gasteiger partial charge in [-0.3, -0.25) is 14.5 Å². The van der Waals surface area contributed by atoms with Crippen molar-refractivity contribution in [2.24, 2.45) is 0 Å². The molecule has 0 radical (unpaired) electrons. The van der Waals surface area contributed by atoms with Crippen molar-refractivity contribution in [1.82, 2.24) is 4.90 Å². The molecular formula is C24H18ClNO5S2. The highest BCUT2D eigenvalue weighted by atomic mass is 35.5. The maximum absolute atomic E-state index is 12.8. The highest BCUT2D eigenvalue weighted by Gasteiger charge is 2.35. The lowest BCUT2D eigenvalue weighted by Crippen LogP contribution is -2.27. The van der Waals surface area contributed by atoms with Gasteiger partial charge < -0.3 is 4.18 Å². The third-order valence-corrected chi connectivity index (χ3v) is 7.22. The molecule has 1 aliphatic rings. The molecular weight excluding hydrogens is 482 g/mol. The first-order valence-corrected chi connectivity index (χ1v) is 12.4. The van der Waals surface area contributed by atoms with E-state index >= 15 is 0 Å². The fraction of sp³-hybridized carbons (Fsp3) is 0.0833. The van der Waals surface area contributed by atoms with Gasteiger partial charge in [0.1, 0.15) is 10.6 Å². The molecule has 2 amide bonds. The molecule has 0 saturated carbocycles. The van der Waals surface area contributed by atoms with Gasteiger partial charge in [0.25, 0.3) is 11.1 Å². The molecule has 0 unspecified atom stereocenters. The van der Waals surface area contributed by atoms with Crippen molar-refractivity contribution in [3.05, 3.63) is 99.4 Å². The Labute approximate surface area is 200 Å². The zero-order chi connectivity index (χ0) is 23.6. The van der Waals surface area contributed by atoms with Crippen molar-refractivity contribution in [1.29, 1.82) is 0 Å². The van der Waals surface area contributed by atoms with Crippen LogP contribution in [0, 0.1) is 6.92 Å². The molecule has 1 fully saturated rings. The molecule has 168 valence electrons. The Kier molecular flexibility index (Phi) is 6.60.